The van der Waals surface area contributed by atoms with Gasteiger partial charge in [-0.15, -0.1) is 0 Å². The summed E-state index contributed by atoms with van der Waals surface area (Å²) in [4.78, 5) is 24.6. The molecule has 1 unspecified atom stereocenters. The van der Waals surface area contributed by atoms with E-state index in [0.29, 0.717) is 13.1 Å². The molecule has 1 fully saturated rings. The molecule has 1 amide bonds. The van der Waals surface area contributed by atoms with E-state index in [9.17, 15) is 9.59 Å². The second-order valence-electron chi connectivity index (χ2n) is 4.07. The molecule has 17 heavy (non-hydrogen) atoms. The summed E-state index contributed by atoms with van der Waals surface area (Å²) in [5.41, 5.74) is 1.85. The van der Waals surface area contributed by atoms with Crippen LogP contribution in [-0.4, -0.2) is 30.2 Å². The van der Waals surface area contributed by atoms with Crippen molar-refractivity contribution in [1.82, 2.24) is 4.90 Å². The van der Waals surface area contributed by atoms with Gasteiger partial charge in [0.05, 0.1) is 5.92 Å². The standard InChI is InChI=1S/C14H15NO2/c1-2-15-10-12(8-9-16)13(14(15)17)11-6-4-3-5-7-11/h3-9,13H,2,10H2,1H3/b12-8+. The minimum atomic E-state index is -0.277. The van der Waals surface area contributed by atoms with Gasteiger partial charge < -0.3 is 4.90 Å². The molecular formula is C14H15NO2. The number of carbonyl (C=O) groups excluding carboxylic acids is 2. The maximum atomic E-state index is 12.2. The third-order valence-corrected chi connectivity index (χ3v) is 3.10. The normalized spacial score (nSPS) is 22.2. The lowest BCUT2D eigenvalue weighted by molar-refractivity contribution is -0.128. The van der Waals surface area contributed by atoms with Crippen molar-refractivity contribution in [2.75, 3.05) is 13.1 Å². The van der Waals surface area contributed by atoms with E-state index in [1.54, 1.807) is 4.90 Å². The average Bonchev–Trinajstić information content (AvgIpc) is 2.67. The Morgan fingerprint density at radius 3 is 2.65 bits per heavy atom. The Hall–Kier alpha value is -1.90. The van der Waals surface area contributed by atoms with Gasteiger partial charge in [0.25, 0.3) is 0 Å². The SMILES string of the molecule is CCN1C/C(=C\C=O)C(c2ccccc2)C1=O. The fourth-order valence-corrected chi connectivity index (χ4v) is 2.24. The minimum Gasteiger partial charge on any atom is -0.338 e. The van der Waals surface area contributed by atoms with Crippen molar-refractivity contribution in [2.24, 2.45) is 0 Å². The van der Waals surface area contributed by atoms with Crippen LogP contribution in [0, 0.1) is 0 Å². The quantitative estimate of drug-likeness (QED) is 0.585. The minimum absolute atomic E-state index is 0.0896. The molecule has 0 N–H and O–H groups in total. The molecule has 1 aromatic rings. The summed E-state index contributed by atoms with van der Waals surface area (Å²) in [6.45, 7) is 3.19. The maximum Gasteiger partial charge on any atom is 0.234 e. The fourth-order valence-electron chi connectivity index (χ4n) is 2.24. The Labute approximate surface area is 101 Å². The van der Waals surface area contributed by atoms with Crippen molar-refractivity contribution in [3.63, 3.8) is 0 Å². The second kappa shape index (κ2) is 4.95. The lowest BCUT2D eigenvalue weighted by Crippen LogP contribution is -2.26. The predicted octanol–water partition coefficient (Wildman–Crippen LogP) is 1.76. The molecule has 0 radical (unpaired) electrons. The summed E-state index contributed by atoms with van der Waals surface area (Å²) in [6, 6.07) is 9.61. The number of allylic oxidation sites excluding steroid dienone is 1. The van der Waals surface area contributed by atoms with Crippen molar-refractivity contribution in [1.29, 1.82) is 0 Å². The lowest BCUT2D eigenvalue weighted by atomic mass is 9.93. The van der Waals surface area contributed by atoms with Gasteiger partial charge in [0.2, 0.25) is 5.91 Å². The monoisotopic (exact) mass is 229 g/mol. The summed E-state index contributed by atoms with van der Waals surface area (Å²) in [5, 5.41) is 0. The molecule has 88 valence electrons. The Morgan fingerprint density at radius 2 is 2.06 bits per heavy atom. The number of carbonyl (C=O) groups is 2. The van der Waals surface area contributed by atoms with Gasteiger partial charge in [-0.2, -0.15) is 0 Å². The Morgan fingerprint density at radius 1 is 1.35 bits per heavy atom. The molecule has 0 aliphatic carbocycles. The van der Waals surface area contributed by atoms with Gasteiger partial charge in [-0.05, 0) is 24.1 Å². The first kappa shape index (κ1) is 11.6. The first-order valence-corrected chi connectivity index (χ1v) is 5.76. The number of rotatable bonds is 3. The van der Waals surface area contributed by atoms with E-state index in [2.05, 4.69) is 0 Å². The maximum absolute atomic E-state index is 12.2. The van der Waals surface area contributed by atoms with Crippen LogP contribution in [0.25, 0.3) is 0 Å². The van der Waals surface area contributed by atoms with Crippen LogP contribution in [-0.2, 0) is 9.59 Å². The van der Waals surface area contributed by atoms with Crippen LogP contribution < -0.4 is 0 Å². The van der Waals surface area contributed by atoms with E-state index in [-0.39, 0.29) is 11.8 Å². The molecule has 1 atom stereocenters. The smallest absolute Gasteiger partial charge is 0.234 e. The number of benzene rings is 1. The molecular weight excluding hydrogens is 214 g/mol. The zero-order chi connectivity index (χ0) is 12.3. The molecule has 1 aromatic carbocycles. The molecule has 1 saturated heterocycles. The fraction of sp³-hybridized carbons (Fsp3) is 0.286. The average molecular weight is 229 g/mol. The van der Waals surface area contributed by atoms with Crippen LogP contribution in [0.2, 0.25) is 0 Å². The van der Waals surface area contributed by atoms with Crippen LogP contribution in [0.1, 0.15) is 18.4 Å². The summed E-state index contributed by atoms with van der Waals surface area (Å²) in [7, 11) is 0. The van der Waals surface area contributed by atoms with E-state index < -0.39 is 0 Å². The van der Waals surface area contributed by atoms with E-state index in [1.165, 1.54) is 6.08 Å². The number of aldehydes is 1. The molecule has 3 heteroatoms. The van der Waals surface area contributed by atoms with Crippen LogP contribution in [0.15, 0.2) is 42.0 Å². The number of likely N-dealkylation sites (N-methyl/N-ethyl adjacent to an activating group) is 1. The summed E-state index contributed by atoms with van der Waals surface area (Å²) in [6.07, 6.45) is 2.28. The van der Waals surface area contributed by atoms with Crippen molar-refractivity contribution in [3.8, 4) is 0 Å². The summed E-state index contributed by atoms with van der Waals surface area (Å²) < 4.78 is 0. The second-order valence-corrected chi connectivity index (χ2v) is 4.07. The van der Waals surface area contributed by atoms with Crippen molar-refractivity contribution < 1.29 is 9.59 Å². The number of hydrogen-bond acceptors (Lipinski definition) is 2. The first-order chi connectivity index (χ1) is 8.27. The lowest BCUT2D eigenvalue weighted by Gasteiger charge is -2.13. The molecule has 0 aromatic heterocycles. The molecule has 1 aliphatic heterocycles. The third kappa shape index (κ3) is 2.13. The molecule has 1 aliphatic rings. The van der Waals surface area contributed by atoms with Gasteiger partial charge in [0.15, 0.2) is 0 Å². The van der Waals surface area contributed by atoms with Gasteiger partial charge >= 0.3 is 0 Å². The number of nitrogens with zero attached hydrogens (tertiary/aromatic N) is 1. The summed E-state index contributed by atoms with van der Waals surface area (Å²) in [5.74, 6) is -0.187. The van der Waals surface area contributed by atoms with Gasteiger partial charge in [0.1, 0.15) is 6.29 Å². The number of likely N-dealkylation sites (tertiary alicyclic amines) is 1. The zero-order valence-electron chi connectivity index (χ0n) is 9.80. The highest BCUT2D eigenvalue weighted by molar-refractivity contribution is 5.91. The van der Waals surface area contributed by atoms with E-state index in [1.807, 2.05) is 37.3 Å². The topological polar surface area (TPSA) is 37.4 Å². The van der Waals surface area contributed by atoms with Gasteiger partial charge in [0, 0.05) is 13.1 Å². The number of hydrogen-bond donors (Lipinski definition) is 0. The highest BCUT2D eigenvalue weighted by Gasteiger charge is 2.35. The van der Waals surface area contributed by atoms with E-state index >= 15 is 0 Å². The van der Waals surface area contributed by atoms with Crippen LogP contribution >= 0.6 is 0 Å². The van der Waals surface area contributed by atoms with E-state index in [4.69, 9.17) is 0 Å². The summed E-state index contributed by atoms with van der Waals surface area (Å²) >= 11 is 0. The van der Waals surface area contributed by atoms with Crippen molar-refractivity contribution >= 4 is 12.2 Å². The Kier molecular flexibility index (Phi) is 3.38. The molecule has 3 nitrogen and oxygen atoms in total. The van der Waals surface area contributed by atoms with Crippen LogP contribution in [0.5, 0.6) is 0 Å². The van der Waals surface area contributed by atoms with Crippen LogP contribution in [0.3, 0.4) is 0 Å². The predicted molar refractivity (Wildman–Crippen MR) is 65.6 cm³/mol. The molecule has 0 bridgehead atoms. The first-order valence-electron chi connectivity index (χ1n) is 5.76. The largest absolute Gasteiger partial charge is 0.338 e. The molecule has 0 saturated carbocycles. The van der Waals surface area contributed by atoms with Gasteiger partial charge in [-0.3, -0.25) is 9.59 Å². The molecule has 1 heterocycles. The van der Waals surface area contributed by atoms with Gasteiger partial charge in [-0.25, -0.2) is 0 Å². The highest BCUT2D eigenvalue weighted by Crippen LogP contribution is 2.32. The van der Waals surface area contributed by atoms with Crippen LogP contribution in [0.4, 0.5) is 0 Å². The Bertz CT molecular complexity index is 451. The molecule has 2 rings (SSSR count). The zero-order valence-corrected chi connectivity index (χ0v) is 9.80. The highest BCUT2D eigenvalue weighted by atomic mass is 16.2. The third-order valence-electron chi connectivity index (χ3n) is 3.10. The van der Waals surface area contributed by atoms with E-state index in [0.717, 1.165) is 17.4 Å². The Balaban J connectivity index is 2.39. The molecule has 0 spiro atoms. The number of amides is 1. The van der Waals surface area contributed by atoms with Gasteiger partial charge in [-0.1, -0.05) is 30.3 Å². The van der Waals surface area contributed by atoms with Crippen molar-refractivity contribution in [2.45, 2.75) is 12.8 Å². The van der Waals surface area contributed by atoms with Crippen molar-refractivity contribution in [3.05, 3.63) is 47.5 Å².